The lowest BCUT2D eigenvalue weighted by atomic mass is 9.80. The minimum atomic E-state index is -1.17. The second kappa shape index (κ2) is 15.9. The van der Waals surface area contributed by atoms with E-state index < -0.39 is 29.6 Å². The average Bonchev–Trinajstić information content (AvgIpc) is 3.12. The molecular weight excluding hydrogens is 592 g/mol. The van der Waals surface area contributed by atoms with Crippen LogP contribution in [0.5, 0.6) is 5.75 Å². The zero-order valence-corrected chi connectivity index (χ0v) is 26.2. The molecule has 2 atom stereocenters. The normalized spacial score (nSPS) is 12.6. The lowest BCUT2D eigenvalue weighted by Gasteiger charge is -2.37. The first-order chi connectivity index (χ1) is 22.9. The number of methoxy groups -OCH3 is 1. The highest BCUT2D eigenvalue weighted by atomic mass is 16.5. The molecule has 0 amide bonds. The molecule has 0 radical (unpaired) electrons. The average molecular weight is 631 g/mol. The Morgan fingerprint density at radius 1 is 0.702 bits per heavy atom. The highest BCUT2D eigenvalue weighted by Gasteiger charge is 2.40. The van der Waals surface area contributed by atoms with E-state index in [0.29, 0.717) is 17.7 Å². The number of aliphatic hydroxyl groups excluding tert-OH is 1. The van der Waals surface area contributed by atoms with Crippen molar-refractivity contribution < 1.29 is 34.0 Å². The van der Waals surface area contributed by atoms with Gasteiger partial charge in [-0.1, -0.05) is 121 Å². The molecule has 0 unspecified atom stereocenters. The first-order valence-electron chi connectivity index (χ1n) is 15.5. The Balaban J connectivity index is 1.30. The molecule has 0 aromatic heterocycles. The van der Waals surface area contributed by atoms with Gasteiger partial charge in [0.15, 0.2) is 0 Å². The summed E-state index contributed by atoms with van der Waals surface area (Å²) in [6, 6.07) is 43.7. The Labute approximate surface area is 275 Å². The van der Waals surface area contributed by atoms with Crippen LogP contribution in [0.3, 0.4) is 0 Å². The van der Waals surface area contributed by atoms with Gasteiger partial charge in [-0.2, -0.15) is 0 Å². The summed E-state index contributed by atoms with van der Waals surface area (Å²) in [5, 5.41) is 21.5. The van der Waals surface area contributed by atoms with Crippen LogP contribution in [-0.2, 0) is 32.9 Å². The van der Waals surface area contributed by atoms with Crippen molar-refractivity contribution >= 4 is 11.9 Å². The van der Waals surface area contributed by atoms with Gasteiger partial charge in [0.1, 0.15) is 23.9 Å². The molecule has 0 aliphatic heterocycles. The topological polar surface area (TPSA) is 102 Å². The van der Waals surface area contributed by atoms with E-state index in [9.17, 15) is 19.8 Å². The highest BCUT2D eigenvalue weighted by Crippen LogP contribution is 2.41. The number of carbonyl (C=O) groups is 2. The number of ether oxygens (including phenoxy) is 3. The van der Waals surface area contributed by atoms with Gasteiger partial charge in [-0.05, 0) is 58.9 Å². The molecule has 2 N–H and O–H groups in total. The van der Waals surface area contributed by atoms with E-state index in [4.69, 9.17) is 14.2 Å². The number of hydrogen-bond acceptors (Lipinski definition) is 6. The molecule has 0 heterocycles. The molecule has 5 aromatic carbocycles. The molecule has 7 nitrogen and oxygen atoms in total. The molecule has 240 valence electrons. The summed E-state index contributed by atoms with van der Waals surface area (Å²) in [6.45, 7) is 0.0564. The lowest BCUT2D eigenvalue weighted by molar-refractivity contribution is -0.151. The largest absolute Gasteiger partial charge is 0.489 e. The summed E-state index contributed by atoms with van der Waals surface area (Å²) >= 11 is 0. The van der Waals surface area contributed by atoms with Crippen LogP contribution in [0.25, 0.3) is 0 Å². The third-order valence-electron chi connectivity index (χ3n) is 8.18. The number of aryl methyl sites for hydroxylation is 1. The zero-order chi connectivity index (χ0) is 33.1. The Morgan fingerprint density at radius 2 is 1.26 bits per heavy atom. The lowest BCUT2D eigenvalue weighted by Crippen LogP contribution is -2.39. The summed E-state index contributed by atoms with van der Waals surface area (Å²) in [6.07, 6.45) is -0.480. The van der Waals surface area contributed by atoms with Gasteiger partial charge in [0.25, 0.3) is 0 Å². The van der Waals surface area contributed by atoms with E-state index in [-0.39, 0.29) is 19.6 Å². The van der Waals surface area contributed by atoms with E-state index in [1.165, 1.54) is 7.11 Å². The number of aliphatic hydroxyl groups is 1. The van der Waals surface area contributed by atoms with Crippen LogP contribution in [0.2, 0.25) is 0 Å². The van der Waals surface area contributed by atoms with Gasteiger partial charge in [-0.3, -0.25) is 4.79 Å². The fourth-order valence-electron chi connectivity index (χ4n) is 5.72. The van der Waals surface area contributed by atoms with Gasteiger partial charge in [-0.25, -0.2) is 4.79 Å². The fraction of sp³-hybridized carbons (Fsp3) is 0.200. The second-order valence-corrected chi connectivity index (χ2v) is 11.3. The van der Waals surface area contributed by atoms with Gasteiger partial charge in [0.05, 0.1) is 25.4 Å². The van der Waals surface area contributed by atoms with Crippen LogP contribution in [0.15, 0.2) is 140 Å². The third-order valence-corrected chi connectivity index (χ3v) is 8.18. The molecule has 47 heavy (non-hydrogen) atoms. The molecule has 0 aliphatic rings. The number of esters is 1. The summed E-state index contributed by atoms with van der Waals surface area (Å²) in [4.78, 5) is 24.4. The van der Waals surface area contributed by atoms with Crippen LogP contribution >= 0.6 is 0 Å². The van der Waals surface area contributed by atoms with E-state index in [0.717, 1.165) is 27.8 Å². The molecule has 0 saturated heterocycles. The summed E-state index contributed by atoms with van der Waals surface area (Å²) in [7, 11) is 1.33. The van der Waals surface area contributed by atoms with Crippen LogP contribution in [0, 0.1) is 5.92 Å². The quantitative estimate of drug-likeness (QED) is 0.0944. The standard InChI is InChI=1S/C40H38O7/c1-45-39(44)31-15-12-22-35(26-31)46-27-30-14-11-13-29(25-30)23-24-37(41)36(38(42)43)28-47-40(32-16-5-2-6-17-32,33-18-7-3-8-19-33)34-20-9-4-10-21-34/h2-22,25-26,36-37,41H,23-24,27-28H2,1H3,(H,42,43)/t36-,37-/m1/s1. The summed E-state index contributed by atoms with van der Waals surface area (Å²) in [5.74, 6) is -2.20. The minimum absolute atomic E-state index is 0.215. The maximum atomic E-state index is 12.6. The molecule has 0 spiro atoms. The maximum Gasteiger partial charge on any atom is 0.337 e. The number of benzene rings is 5. The summed E-state index contributed by atoms with van der Waals surface area (Å²) in [5.41, 5.74) is 3.70. The van der Waals surface area contributed by atoms with Crippen molar-refractivity contribution in [2.75, 3.05) is 13.7 Å². The van der Waals surface area contributed by atoms with Crippen LogP contribution in [-0.4, -0.2) is 42.0 Å². The first kappa shape index (κ1) is 33.1. The van der Waals surface area contributed by atoms with E-state index in [1.54, 1.807) is 24.3 Å². The smallest absolute Gasteiger partial charge is 0.337 e. The Hall–Kier alpha value is -5.24. The van der Waals surface area contributed by atoms with Crippen molar-refractivity contribution in [1.82, 2.24) is 0 Å². The number of carboxylic acid groups (broad SMARTS) is 1. The molecule has 0 saturated carbocycles. The van der Waals surface area contributed by atoms with Gasteiger partial charge in [0.2, 0.25) is 0 Å². The van der Waals surface area contributed by atoms with Crippen molar-refractivity contribution in [2.24, 2.45) is 5.92 Å². The number of carboxylic acids is 1. The van der Waals surface area contributed by atoms with Crippen molar-refractivity contribution in [3.05, 3.63) is 173 Å². The first-order valence-corrected chi connectivity index (χ1v) is 15.5. The van der Waals surface area contributed by atoms with Crippen LogP contribution in [0.4, 0.5) is 0 Å². The zero-order valence-electron chi connectivity index (χ0n) is 26.2. The number of aliphatic carboxylic acids is 1. The van der Waals surface area contributed by atoms with E-state index >= 15 is 0 Å². The second-order valence-electron chi connectivity index (χ2n) is 11.3. The molecule has 5 rings (SSSR count). The van der Waals surface area contributed by atoms with E-state index in [1.807, 2.05) is 115 Å². The molecule has 0 fully saturated rings. The predicted molar refractivity (Wildman–Crippen MR) is 179 cm³/mol. The van der Waals surface area contributed by atoms with Crippen LogP contribution < -0.4 is 4.74 Å². The van der Waals surface area contributed by atoms with Gasteiger partial charge in [-0.15, -0.1) is 0 Å². The van der Waals surface area contributed by atoms with Crippen LogP contribution in [0.1, 0.15) is 44.6 Å². The monoisotopic (exact) mass is 630 g/mol. The molecule has 7 heteroatoms. The molecule has 0 aliphatic carbocycles. The van der Waals surface area contributed by atoms with Gasteiger partial charge < -0.3 is 24.4 Å². The molecular formula is C40H38O7. The SMILES string of the molecule is COC(=O)c1cccc(OCc2cccc(CC[C@@H](O)[C@@H](COC(c3ccccc3)(c3ccccc3)c3ccccc3)C(=O)O)c2)c1. The molecule has 5 aromatic rings. The van der Waals surface area contributed by atoms with Gasteiger partial charge in [0, 0.05) is 0 Å². The van der Waals surface area contributed by atoms with Crippen molar-refractivity contribution in [1.29, 1.82) is 0 Å². The number of hydrogen-bond donors (Lipinski definition) is 2. The van der Waals surface area contributed by atoms with E-state index in [2.05, 4.69) is 0 Å². The fourth-order valence-corrected chi connectivity index (χ4v) is 5.72. The Morgan fingerprint density at radius 3 is 1.81 bits per heavy atom. The molecule has 0 bridgehead atoms. The summed E-state index contributed by atoms with van der Waals surface area (Å²) < 4.78 is 17.4. The predicted octanol–water partition coefficient (Wildman–Crippen LogP) is 7.06. The minimum Gasteiger partial charge on any atom is -0.489 e. The Bertz CT molecular complexity index is 1640. The third kappa shape index (κ3) is 8.14. The highest BCUT2D eigenvalue weighted by molar-refractivity contribution is 5.89. The van der Waals surface area contributed by atoms with Crippen molar-refractivity contribution in [3.63, 3.8) is 0 Å². The van der Waals surface area contributed by atoms with Crippen molar-refractivity contribution in [2.45, 2.75) is 31.2 Å². The maximum absolute atomic E-state index is 12.6. The van der Waals surface area contributed by atoms with Gasteiger partial charge >= 0.3 is 11.9 Å². The number of carbonyl (C=O) groups excluding carboxylic acids is 1. The Kier molecular flexibility index (Phi) is 11.2. The van der Waals surface area contributed by atoms with Crippen molar-refractivity contribution in [3.8, 4) is 5.75 Å². The number of rotatable bonds is 15.